The maximum Gasteiger partial charge on any atom is 0.0221 e. The van der Waals surface area contributed by atoms with Crippen LogP contribution in [-0.4, -0.2) is 42.6 Å². The van der Waals surface area contributed by atoms with Crippen LogP contribution in [0, 0.1) is 0 Å². The molecular weight excluding hydrogens is 252 g/mol. The molecule has 0 amide bonds. The second-order valence-electron chi connectivity index (χ2n) is 5.10. The summed E-state index contributed by atoms with van der Waals surface area (Å²) in [4.78, 5) is 2.49. The molecule has 0 fully saturated rings. The zero-order valence-corrected chi connectivity index (χ0v) is 13.3. The molecule has 0 radical (unpaired) electrons. The molecule has 108 valence electrons. The highest BCUT2D eigenvalue weighted by Crippen LogP contribution is 2.15. The fraction of sp³-hybridized carbons (Fsp3) is 0.625. The largest absolute Gasteiger partial charge is 0.329 e. The summed E-state index contributed by atoms with van der Waals surface area (Å²) in [6, 6.07) is 11.8. The molecule has 0 aliphatic heterocycles. The summed E-state index contributed by atoms with van der Waals surface area (Å²) in [5.74, 6) is 1.19. The molecule has 0 aromatic heterocycles. The van der Waals surface area contributed by atoms with Gasteiger partial charge in [-0.15, -0.1) is 0 Å². The first-order valence-corrected chi connectivity index (χ1v) is 8.57. The van der Waals surface area contributed by atoms with E-state index in [0.29, 0.717) is 12.1 Å². The molecule has 2 nitrogen and oxygen atoms in total. The van der Waals surface area contributed by atoms with Gasteiger partial charge in [0.05, 0.1) is 0 Å². The van der Waals surface area contributed by atoms with Crippen molar-refractivity contribution in [2.24, 2.45) is 5.73 Å². The smallest absolute Gasteiger partial charge is 0.0221 e. The van der Waals surface area contributed by atoms with Gasteiger partial charge in [-0.25, -0.2) is 0 Å². The summed E-state index contributed by atoms with van der Waals surface area (Å²) >= 11 is 1.92. The van der Waals surface area contributed by atoms with Gasteiger partial charge in [0.2, 0.25) is 0 Å². The minimum Gasteiger partial charge on any atom is -0.329 e. The molecule has 0 aliphatic rings. The summed E-state index contributed by atoms with van der Waals surface area (Å²) in [6.45, 7) is 3.01. The molecule has 1 aromatic rings. The lowest BCUT2D eigenvalue weighted by Crippen LogP contribution is -2.45. The van der Waals surface area contributed by atoms with Crippen molar-refractivity contribution in [2.45, 2.75) is 38.3 Å². The summed E-state index contributed by atoms with van der Waals surface area (Å²) in [6.07, 6.45) is 5.63. The molecule has 19 heavy (non-hydrogen) atoms. The fourth-order valence-corrected chi connectivity index (χ4v) is 3.34. The quantitative estimate of drug-likeness (QED) is 0.754. The number of nitrogens with zero attached hydrogens (tertiary/aromatic N) is 1. The normalized spacial score (nSPS) is 14.6. The average Bonchev–Trinajstić information content (AvgIpc) is 2.46. The lowest BCUT2D eigenvalue weighted by molar-refractivity contribution is 0.178. The van der Waals surface area contributed by atoms with Crippen LogP contribution in [-0.2, 0) is 6.42 Å². The molecule has 2 unspecified atom stereocenters. The molecule has 0 aliphatic carbocycles. The van der Waals surface area contributed by atoms with Crippen LogP contribution in [0.4, 0.5) is 0 Å². The van der Waals surface area contributed by atoms with Gasteiger partial charge in [0.15, 0.2) is 0 Å². The van der Waals surface area contributed by atoms with E-state index in [9.17, 15) is 0 Å². The highest BCUT2D eigenvalue weighted by Gasteiger charge is 2.20. The minimum atomic E-state index is 0.484. The van der Waals surface area contributed by atoms with Crippen molar-refractivity contribution < 1.29 is 0 Å². The van der Waals surface area contributed by atoms with Gasteiger partial charge in [0, 0.05) is 24.4 Å². The van der Waals surface area contributed by atoms with Crippen molar-refractivity contribution >= 4 is 11.8 Å². The van der Waals surface area contributed by atoms with Gasteiger partial charge in [0.25, 0.3) is 0 Å². The molecule has 1 aromatic carbocycles. The highest BCUT2D eigenvalue weighted by atomic mass is 32.2. The van der Waals surface area contributed by atoms with E-state index >= 15 is 0 Å². The Morgan fingerprint density at radius 3 is 2.42 bits per heavy atom. The summed E-state index contributed by atoms with van der Waals surface area (Å²) in [5.41, 5.74) is 7.39. The average molecular weight is 280 g/mol. The molecule has 1 rings (SSSR count). The molecule has 2 N–H and O–H groups in total. The number of aryl methyl sites for hydroxylation is 1. The van der Waals surface area contributed by atoms with E-state index in [1.807, 2.05) is 11.8 Å². The number of hydrogen-bond acceptors (Lipinski definition) is 3. The zero-order valence-electron chi connectivity index (χ0n) is 12.5. The summed E-state index contributed by atoms with van der Waals surface area (Å²) in [7, 11) is 2.23. The number of thioether (sulfide) groups is 1. The predicted octanol–water partition coefficient (Wildman–Crippen LogP) is 3.02. The standard InChI is InChI=1S/C16H28N2S/c1-4-15(13-19-3)18(2)16(12-17)11-10-14-8-6-5-7-9-14/h5-9,15-16H,4,10-13,17H2,1-3H3. The van der Waals surface area contributed by atoms with E-state index in [0.717, 1.165) is 19.4 Å². The van der Waals surface area contributed by atoms with Crippen LogP contribution < -0.4 is 5.73 Å². The van der Waals surface area contributed by atoms with Crippen LogP contribution in [0.15, 0.2) is 30.3 Å². The second-order valence-corrected chi connectivity index (χ2v) is 6.01. The summed E-state index contributed by atoms with van der Waals surface area (Å²) in [5, 5.41) is 0. The molecule has 0 heterocycles. The lowest BCUT2D eigenvalue weighted by Gasteiger charge is -2.34. The SMILES string of the molecule is CCC(CSC)N(C)C(CN)CCc1ccccc1. The third-order valence-electron chi connectivity index (χ3n) is 3.86. The Kier molecular flexibility index (Phi) is 8.19. The van der Waals surface area contributed by atoms with Crippen molar-refractivity contribution in [3.63, 3.8) is 0 Å². The monoisotopic (exact) mass is 280 g/mol. The number of benzene rings is 1. The second kappa shape index (κ2) is 9.40. The number of likely N-dealkylation sites (N-methyl/N-ethyl adjacent to an activating group) is 1. The topological polar surface area (TPSA) is 29.3 Å². The first-order valence-electron chi connectivity index (χ1n) is 7.17. The Balaban J connectivity index is 2.52. The Hall–Kier alpha value is -0.510. The molecular formula is C16H28N2S. The van der Waals surface area contributed by atoms with E-state index in [1.54, 1.807) is 0 Å². The third-order valence-corrected chi connectivity index (χ3v) is 4.58. The van der Waals surface area contributed by atoms with Crippen molar-refractivity contribution in [1.82, 2.24) is 4.90 Å². The molecule has 0 saturated carbocycles. The van der Waals surface area contributed by atoms with E-state index in [2.05, 4.69) is 55.5 Å². The number of rotatable bonds is 9. The molecule has 0 spiro atoms. The van der Waals surface area contributed by atoms with E-state index in [4.69, 9.17) is 5.73 Å². The Morgan fingerprint density at radius 1 is 1.21 bits per heavy atom. The molecule has 2 atom stereocenters. The molecule has 0 saturated heterocycles. The van der Waals surface area contributed by atoms with Gasteiger partial charge < -0.3 is 5.73 Å². The van der Waals surface area contributed by atoms with Crippen molar-refractivity contribution in [3.05, 3.63) is 35.9 Å². The van der Waals surface area contributed by atoms with Gasteiger partial charge in [-0.3, -0.25) is 4.90 Å². The zero-order chi connectivity index (χ0) is 14.1. The number of nitrogens with two attached hydrogens (primary N) is 1. The number of hydrogen-bond donors (Lipinski definition) is 1. The van der Waals surface area contributed by atoms with E-state index in [-0.39, 0.29) is 0 Å². The van der Waals surface area contributed by atoms with Crippen LogP contribution in [0.25, 0.3) is 0 Å². The Labute approximate surface area is 122 Å². The lowest BCUT2D eigenvalue weighted by atomic mass is 10.0. The maximum atomic E-state index is 5.98. The maximum absolute atomic E-state index is 5.98. The highest BCUT2D eigenvalue weighted by molar-refractivity contribution is 7.98. The van der Waals surface area contributed by atoms with Crippen LogP contribution in [0.2, 0.25) is 0 Å². The van der Waals surface area contributed by atoms with Crippen molar-refractivity contribution in [3.8, 4) is 0 Å². The van der Waals surface area contributed by atoms with E-state index in [1.165, 1.54) is 17.7 Å². The molecule has 3 heteroatoms. The summed E-state index contributed by atoms with van der Waals surface area (Å²) < 4.78 is 0. The van der Waals surface area contributed by atoms with Gasteiger partial charge in [0.1, 0.15) is 0 Å². The predicted molar refractivity (Wildman–Crippen MR) is 87.8 cm³/mol. The Bertz CT molecular complexity index is 329. The van der Waals surface area contributed by atoms with E-state index < -0.39 is 0 Å². The van der Waals surface area contributed by atoms with Gasteiger partial charge >= 0.3 is 0 Å². The van der Waals surface area contributed by atoms with Gasteiger partial charge in [-0.2, -0.15) is 11.8 Å². The van der Waals surface area contributed by atoms with Gasteiger partial charge in [-0.05, 0) is 38.1 Å². The van der Waals surface area contributed by atoms with Crippen LogP contribution >= 0.6 is 11.8 Å². The third kappa shape index (κ3) is 5.55. The molecule has 0 bridgehead atoms. The van der Waals surface area contributed by atoms with Crippen LogP contribution in [0.5, 0.6) is 0 Å². The van der Waals surface area contributed by atoms with Crippen LogP contribution in [0.1, 0.15) is 25.3 Å². The fourth-order valence-electron chi connectivity index (χ4n) is 2.48. The first-order chi connectivity index (χ1) is 9.22. The van der Waals surface area contributed by atoms with Gasteiger partial charge in [-0.1, -0.05) is 37.3 Å². The van der Waals surface area contributed by atoms with Crippen molar-refractivity contribution in [1.29, 1.82) is 0 Å². The van der Waals surface area contributed by atoms with Crippen LogP contribution in [0.3, 0.4) is 0 Å². The first kappa shape index (κ1) is 16.5. The Morgan fingerprint density at radius 2 is 1.89 bits per heavy atom. The minimum absolute atomic E-state index is 0.484. The van der Waals surface area contributed by atoms with Crippen molar-refractivity contribution in [2.75, 3.05) is 25.6 Å².